The second-order valence-corrected chi connectivity index (χ2v) is 6.46. The van der Waals surface area contributed by atoms with Gasteiger partial charge in [-0.3, -0.25) is 0 Å². The molecule has 0 saturated heterocycles. The van der Waals surface area contributed by atoms with Crippen LogP contribution in [0.15, 0.2) is 77.7 Å². The number of carboxylic acid groups (broad SMARTS) is 1. The highest BCUT2D eigenvalue weighted by molar-refractivity contribution is 7.98. The number of hydrogen-bond acceptors (Lipinski definition) is 3. The predicted octanol–water partition coefficient (Wildman–Crippen LogP) is 5.22. The van der Waals surface area contributed by atoms with Gasteiger partial charge in [0.05, 0.1) is 17.2 Å². The van der Waals surface area contributed by atoms with Gasteiger partial charge in [-0.05, 0) is 34.9 Å². The van der Waals surface area contributed by atoms with E-state index in [1.165, 1.54) is 11.8 Å². The lowest BCUT2D eigenvalue weighted by Gasteiger charge is -2.08. The van der Waals surface area contributed by atoms with E-state index in [-0.39, 0.29) is 0 Å². The number of carbonyl (C=O) groups is 1. The van der Waals surface area contributed by atoms with Crippen LogP contribution in [0.25, 0.3) is 11.1 Å². The van der Waals surface area contributed by atoms with E-state index in [0.717, 1.165) is 21.6 Å². The molecule has 0 aliphatic heterocycles. The van der Waals surface area contributed by atoms with Crippen molar-refractivity contribution in [2.75, 3.05) is 0 Å². The third-order valence-corrected chi connectivity index (χ3v) is 4.97. The first kappa shape index (κ1) is 16.8. The van der Waals surface area contributed by atoms with Gasteiger partial charge in [-0.1, -0.05) is 54.6 Å². The van der Waals surface area contributed by atoms with Crippen molar-refractivity contribution in [3.8, 4) is 17.2 Å². The van der Waals surface area contributed by atoms with Gasteiger partial charge in [0.2, 0.25) is 0 Å². The fourth-order valence-electron chi connectivity index (χ4n) is 2.54. The maximum absolute atomic E-state index is 11.3. The van der Waals surface area contributed by atoms with Crippen LogP contribution in [0.1, 0.15) is 21.5 Å². The lowest BCUT2D eigenvalue weighted by Crippen LogP contribution is -1.98. The Hall–Kier alpha value is -3.03. The molecule has 25 heavy (non-hydrogen) atoms. The van der Waals surface area contributed by atoms with Crippen molar-refractivity contribution in [1.29, 1.82) is 5.26 Å². The Labute approximate surface area is 150 Å². The number of aromatic carboxylic acids is 1. The summed E-state index contributed by atoms with van der Waals surface area (Å²) in [6.07, 6.45) is 0. The minimum absolute atomic E-state index is 0.326. The van der Waals surface area contributed by atoms with Crippen LogP contribution in [0.2, 0.25) is 0 Å². The molecule has 0 amide bonds. The topological polar surface area (TPSA) is 61.1 Å². The van der Waals surface area contributed by atoms with Crippen LogP contribution in [0.3, 0.4) is 0 Å². The zero-order valence-corrected chi connectivity index (χ0v) is 14.2. The van der Waals surface area contributed by atoms with E-state index in [0.29, 0.717) is 16.9 Å². The van der Waals surface area contributed by atoms with Gasteiger partial charge in [-0.2, -0.15) is 5.26 Å². The molecule has 0 aliphatic rings. The number of hydrogen-bond donors (Lipinski definition) is 1. The number of carboxylic acids is 1. The van der Waals surface area contributed by atoms with Gasteiger partial charge in [0.25, 0.3) is 0 Å². The first-order valence-corrected chi connectivity index (χ1v) is 8.71. The standard InChI is InChI=1S/C21H15NO2S/c22-13-17-5-1-2-6-18(17)16-11-9-15(10-12-16)14-25-20-8-4-3-7-19(20)21(23)24/h1-12H,14H2,(H,23,24). The van der Waals surface area contributed by atoms with E-state index < -0.39 is 5.97 Å². The van der Waals surface area contributed by atoms with Gasteiger partial charge >= 0.3 is 5.97 Å². The lowest BCUT2D eigenvalue weighted by molar-refractivity contribution is 0.0693. The van der Waals surface area contributed by atoms with Crippen LogP contribution in [0.4, 0.5) is 0 Å². The van der Waals surface area contributed by atoms with E-state index in [1.54, 1.807) is 12.1 Å². The molecular weight excluding hydrogens is 330 g/mol. The van der Waals surface area contributed by atoms with E-state index in [1.807, 2.05) is 60.7 Å². The molecule has 4 heteroatoms. The number of thioether (sulfide) groups is 1. The van der Waals surface area contributed by atoms with Crippen molar-refractivity contribution >= 4 is 17.7 Å². The van der Waals surface area contributed by atoms with Crippen molar-refractivity contribution in [2.45, 2.75) is 10.6 Å². The first-order valence-electron chi connectivity index (χ1n) is 7.72. The normalized spacial score (nSPS) is 10.2. The first-order chi connectivity index (χ1) is 12.2. The molecule has 3 aromatic rings. The monoisotopic (exact) mass is 345 g/mol. The molecule has 0 saturated carbocycles. The fraction of sp³-hybridized carbons (Fsp3) is 0.0476. The average molecular weight is 345 g/mol. The molecule has 0 atom stereocenters. The molecular formula is C21H15NO2S. The Kier molecular flexibility index (Phi) is 5.17. The molecule has 0 unspecified atom stereocenters. The number of nitrogens with zero attached hydrogens (tertiary/aromatic N) is 1. The SMILES string of the molecule is N#Cc1ccccc1-c1ccc(CSc2ccccc2C(=O)O)cc1. The summed E-state index contributed by atoms with van der Waals surface area (Å²) in [5.41, 5.74) is 3.99. The largest absolute Gasteiger partial charge is 0.478 e. The summed E-state index contributed by atoms with van der Waals surface area (Å²) >= 11 is 1.50. The fourth-order valence-corrected chi connectivity index (χ4v) is 3.54. The summed E-state index contributed by atoms with van der Waals surface area (Å²) in [4.78, 5) is 12.0. The summed E-state index contributed by atoms with van der Waals surface area (Å²) in [5, 5.41) is 18.4. The van der Waals surface area contributed by atoms with Gasteiger partial charge in [0.1, 0.15) is 0 Å². The molecule has 3 nitrogen and oxygen atoms in total. The summed E-state index contributed by atoms with van der Waals surface area (Å²) in [6.45, 7) is 0. The molecule has 0 heterocycles. The van der Waals surface area contributed by atoms with E-state index in [4.69, 9.17) is 0 Å². The molecule has 1 N–H and O–H groups in total. The molecule has 3 aromatic carbocycles. The van der Waals surface area contributed by atoms with Crippen molar-refractivity contribution in [3.63, 3.8) is 0 Å². The predicted molar refractivity (Wildman–Crippen MR) is 99.6 cm³/mol. The van der Waals surface area contributed by atoms with Gasteiger partial charge in [0.15, 0.2) is 0 Å². The summed E-state index contributed by atoms with van der Waals surface area (Å²) in [7, 11) is 0. The van der Waals surface area contributed by atoms with Crippen molar-refractivity contribution < 1.29 is 9.90 Å². The van der Waals surface area contributed by atoms with Crippen LogP contribution < -0.4 is 0 Å². The maximum Gasteiger partial charge on any atom is 0.336 e. The van der Waals surface area contributed by atoms with Crippen LogP contribution in [-0.2, 0) is 5.75 Å². The van der Waals surface area contributed by atoms with Gasteiger partial charge < -0.3 is 5.11 Å². The third-order valence-electron chi connectivity index (χ3n) is 3.82. The van der Waals surface area contributed by atoms with Crippen molar-refractivity contribution in [3.05, 3.63) is 89.5 Å². The second-order valence-electron chi connectivity index (χ2n) is 5.44. The summed E-state index contributed by atoms with van der Waals surface area (Å²) < 4.78 is 0. The van der Waals surface area contributed by atoms with Crippen LogP contribution in [-0.4, -0.2) is 11.1 Å². The maximum atomic E-state index is 11.3. The summed E-state index contributed by atoms with van der Waals surface area (Å²) in [5.74, 6) is -0.226. The van der Waals surface area contributed by atoms with Crippen LogP contribution in [0, 0.1) is 11.3 Å². The van der Waals surface area contributed by atoms with Crippen molar-refractivity contribution in [1.82, 2.24) is 0 Å². The molecule has 3 rings (SSSR count). The molecule has 0 spiro atoms. The smallest absolute Gasteiger partial charge is 0.336 e. The molecule has 0 fully saturated rings. The quantitative estimate of drug-likeness (QED) is 0.644. The molecule has 0 bridgehead atoms. The molecule has 0 aromatic heterocycles. The minimum Gasteiger partial charge on any atom is -0.478 e. The highest BCUT2D eigenvalue weighted by Crippen LogP contribution is 2.28. The third kappa shape index (κ3) is 3.90. The molecule has 0 radical (unpaired) electrons. The Morgan fingerprint density at radius 1 is 0.960 bits per heavy atom. The molecule has 122 valence electrons. The van der Waals surface area contributed by atoms with Gasteiger partial charge in [-0.15, -0.1) is 11.8 Å². The summed E-state index contributed by atoms with van der Waals surface area (Å²) in [6, 6.07) is 24.8. The minimum atomic E-state index is -0.911. The van der Waals surface area contributed by atoms with E-state index in [9.17, 15) is 15.2 Å². The average Bonchev–Trinajstić information content (AvgIpc) is 2.67. The Morgan fingerprint density at radius 3 is 2.36 bits per heavy atom. The Morgan fingerprint density at radius 2 is 1.64 bits per heavy atom. The second kappa shape index (κ2) is 7.69. The van der Waals surface area contributed by atoms with E-state index >= 15 is 0 Å². The van der Waals surface area contributed by atoms with Gasteiger partial charge in [0, 0.05) is 10.6 Å². The van der Waals surface area contributed by atoms with E-state index in [2.05, 4.69) is 6.07 Å². The number of nitriles is 1. The zero-order valence-electron chi connectivity index (χ0n) is 13.3. The lowest BCUT2D eigenvalue weighted by atomic mass is 10.00. The van der Waals surface area contributed by atoms with Gasteiger partial charge in [-0.25, -0.2) is 4.79 Å². The number of benzene rings is 3. The molecule has 0 aliphatic carbocycles. The highest BCUT2D eigenvalue weighted by Gasteiger charge is 2.09. The highest BCUT2D eigenvalue weighted by atomic mass is 32.2. The number of rotatable bonds is 5. The van der Waals surface area contributed by atoms with Crippen molar-refractivity contribution in [2.24, 2.45) is 0 Å². The Bertz CT molecular complexity index is 943. The zero-order chi connectivity index (χ0) is 17.6. The Balaban J connectivity index is 1.76. The van der Waals surface area contributed by atoms with Crippen LogP contribution in [0.5, 0.6) is 0 Å². The van der Waals surface area contributed by atoms with Crippen LogP contribution >= 0.6 is 11.8 Å².